The number of aromatic nitrogens is 3. The zero-order chi connectivity index (χ0) is 17.5. The molecule has 0 aliphatic rings. The molecule has 126 valence electrons. The van der Waals surface area contributed by atoms with Crippen LogP contribution in [0.4, 0.5) is 5.82 Å². The van der Waals surface area contributed by atoms with Gasteiger partial charge in [-0.1, -0.05) is 17.3 Å². The lowest BCUT2D eigenvalue weighted by Crippen LogP contribution is -2.10. The smallest absolute Gasteiger partial charge is 0.263 e. The van der Waals surface area contributed by atoms with Crippen molar-refractivity contribution in [2.75, 3.05) is 11.6 Å². The van der Waals surface area contributed by atoms with Gasteiger partial charge in [0.2, 0.25) is 0 Å². The second-order valence-electron chi connectivity index (χ2n) is 5.77. The number of hydrogen-bond acceptors (Lipinski definition) is 7. The van der Waals surface area contributed by atoms with E-state index in [1.54, 1.807) is 31.2 Å². The lowest BCUT2D eigenvalue weighted by molar-refractivity contribution is 0.442. The van der Waals surface area contributed by atoms with Gasteiger partial charge < -0.3 is 9.84 Å². The molecule has 0 aliphatic heterocycles. The monoisotopic (exact) mass is 346 g/mol. The molecule has 0 fully saturated rings. The van der Waals surface area contributed by atoms with E-state index in [1.807, 2.05) is 13.8 Å². The van der Waals surface area contributed by atoms with Gasteiger partial charge in [-0.3, -0.25) is 0 Å². The fourth-order valence-electron chi connectivity index (χ4n) is 2.49. The van der Waals surface area contributed by atoms with Crippen molar-refractivity contribution in [1.82, 2.24) is 15.1 Å². The number of rotatable bonds is 4. The molecule has 0 bridgehead atoms. The Morgan fingerprint density at radius 1 is 1.12 bits per heavy atom. The van der Waals surface area contributed by atoms with Crippen LogP contribution in [-0.2, 0) is 9.84 Å². The van der Waals surface area contributed by atoms with Gasteiger partial charge in [-0.2, -0.15) is 4.98 Å². The Morgan fingerprint density at radius 3 is 2.42 bits per heavy atom. The molecule has 0 unspecified atom stereocenters. The molecule has 0 saturated carbocycles. The van der Waals surface area contributed by atoms with Crippen LogP contribution < -0.4 is 5.32 Å². The molecular weight excluding hydrogens is 328 g/mol. The first-order valence-electron chi connectivity index (χ1n) is 7.43. The Kier molecular flexibility index (Phi) is 4.00. The van der Waals surface area contributed by atoms with Crippen LogP contribution in [0.1, 0.15) is 30.0 Å². The molecule has 0 radical (unpaired) electrons. The fourth-order valence-corrected chi connectivity index (χ4v) is 3.12. The first kappa shape index (κ1) is 16.4. The highest BCUT2D eigenvalue weighted by molar-refractivity contribution is 7.90. The second-order valence-corrected chi connectivity index (χ2v) is 7.79. The van der Waals surface area contributed by atoms with Crippen LogP contribution in [0.2, 0.25) is 0 Å². The number of nitrogens with zero attached hydrogens (tertiary/aromatic N) is 3. The maximum Gasteiger partial charge on any atom is 0.263 e. The molecule has 2 aromatic heterocycles. The maximum absolute atomic E-state index is 11.5. The first-order chi connectivity index (χ1) is 11.3. The van der Waals surface area contributed by atoms with E-state index < -0.39 is 9.84 Å². The minimum absolute atomic E-state index is 0.0783. The largest absolute Gasteiger partial charge is 0.363 e. The molecule has 1 aromatic carbocycles. The van der Waals surface area contributed by atoms with Gasteiger partial charge in [0, 0.05) is 12.3 Å². The molecule has 1 atom stereocenters. The third kappa shape index (κ3) is 3.09. The van der Waals surface area contributed by atoms with E-state index in [0.29, 0.717) is 27.9 Å². The van der Waals surface area contributed by atoms with Gasteiger partial charge in [0.05, 0.1) is 10.6 Å². The van der Waals surface area contributed by atoms with Gasteiger partial charge in [-0.15, -0.1) is 0 Å². The number of aryl methyl sites for hydroxylation is 2. The van der Waals surface area contributed by atoms with Crippen LogP contribution in [0.15, 0.2) is 33.7 Å². The number of nitrogens with one attached hydrogen (secondary N) is 1. The summed E-state index contributed by atoms with van der Waals surface area (Å²) in [5, 5.41) is 8.01. The van der Waals surface area contributed by atoms with Crippen LogP contribution in [0.3, 0.4) is 0 Å². The SMILES string of the molecule is Cc1nc(N[C@H](C)c2ccc(S(C)(=O)=O)cc2)c2c(C)noc2n1. The normalized spacial score (nSPS) is 13.2. The molecule has 3 aromatic rings. The van der Waals surface area contributed by atoms with E-state index in [2.05, 4.69) is 20.4 Å². The number of anilines is 1. The third-order valence-electron chi connectivity index (χ3n) is 3.78. The lowest BCUT2D eigenvalue weighted by atomic mass is 10.1. The van der Waals surface area contributed by atoms with Crippen molar-refractivity contribution < 1.29 is 12.9 Å². The van der Waals surface area contributed by atoms with Crippen molar-refractivity contribution in [1.29, 1.82) is 0 Å². The quantitative estimate of drug-likeness (QED) is 0.775. The highest BCUT2D eigenvalue weighted by atomic mass is 32.2. The molecular formula is C16H18N4O3S. The molecule has 1 N–H and O–H groups in total. The highest BCUT2D eigenvalue weighted by Gasteiger charge is 2.16. The van der Waals surface area contributed by atoms with Gasteiger partial charge in [0.15, 0.2) is 9.84 Å². The van der Waals surface area contributed by atoms with Crippen LogP contribution in [-0.4, -0.2) is 29.8 Å². The topological polar surface area (TPSA) is 98.0 Å². The van der Waals surface area contributed by atoms with Gasteiger partial charge in [-0.25, -0.2) is 13.4 Å². The summed E-state index contributed by atoms with van der Waals surface area (Å²) < 4.78 is 28.3. The molecule has 0 spiro atoms. The number of hydrogen-bond donors (Lipinski definition) is 1. The van der Waals surface area contributed by atoms with E-state index in [9.17, 15) is 8.42 Å². The van der Waals surface area contributed by atoms with E-state index in [1.165, 1.54) is 6.26 Å². The van der Waals surface area contributed by atoms with Gasteiger partial charge in [-0.05, 0) is 38.5 Å². The summed E-state index contributed by atoms with van der Waals surface area (Å²) in [6.45, 7) is 5.59. The Balaban J connectivity index is 1.92. The highest BCUT2D eigenvalue weighted by Crippen LogP contribution is 2.27. The van der Waals surface area contributed by atoms with Crippen LogP contribution in [0, 0.1) is 13.8 Å². The summed E-state index contributed by atoms with van der Waals surface area (Å²) in [6, 6.07) is 6.72. The Labute approximate surface area is 140 Å². The minimum Gasteiger partial charge on any atom is -0.363 e. The average Bonchev–Trinajstić information content (AvgIpc) is 2.87. The van der Waals surface area contributed by atoms with Crippen molar-refractivity contribution in [2.24, 2.45) is 0 Å². The van der Waals surface area contributed by atoms with E-state index in [4.69, 9.17) is 4.52 Å². The molecule has 0 aliphatic carbocycles. The third-order valence-corrected chi connectivity index (χ3v) is 4.91. The van der Waals surface area contributed by atoms with Crippen molar-refractivity contribution in [3.8, 4) is 0 Å². The lowest BCUT2D eigenvalue weighted by Gasteiger charge is -2.16. The summed E-state index contributed by atoms with van der Waals surface area (Å²) >= 11 is 0. The van der Waals surface area contributed by atoms with Gasteiger partial charge >= 0.3 is 0 Å². The van der Waals surface area contributed by atoms with Crippen molar-refractivity contribution in [3.05, 3.63) is 41.3 Å². The zero-order valence-electron chi connectivity index (χ0n) is 13.9. The molecule has 7 nitrogen and oxygen atoms in total. The van der Waals surface area contributed by atoms with E-state index in [0.717, 1.165) is 10.9 Å². The molecule has 0 amide bonds. The average molecular weight is 346 g/mol. The Morgan fingerprint density at radius 2 is 1.79 bits per heavy atom. The summed E-state index contributed by atoms with van der Waals surface area (Å²) in [7, 11) is -3.20. The summed E-state index contributed by atoms with van der Waals surface area (Å²) in [5.41, 5.74) is 2.11. The van der Waals surface area contributed by atoms with Gasteiger partial charge in [0.25, 0.3) is 5.71 Å². The zero-order valence-corrected chi connectivity index (χ0v) is 14.7. The standard InChI is InChI=1S/C16H18N4O3S/c1-9(12-5-7-13(8-6-12)24(4,21)22)17-15-14-10(2)20-23-16(14)19-11(3)18-15/h5-9H,1-4H3,(H,17,18,19)/t9-/m1/s1. The summed E-state index contributed by atoms with van der Waals surface area (Å²) in [5.74, 6) is 1.23. The number of fused-ring (bicyclic) bond motifs is 1. The predicted molar refractivity (Wildman–Crippen MR) is 90.7 cm³/mol. The first-order valence-corrected chi connectivity index (χ1v) is 9.32. The van der Waals surface area contributed by atoms with Crippen molar-refractivity contribution in [2.45, 2.75) is 31.7 Å². The van der Waals surface area contributed by atoms with Crippen molar-refractivity contribution >= 4 is 26.8 Å². The molecule has 3 rings (SSSR count). The summed E-state index contributed by atoms with van der Waals surface area (Å²) in [4.78, 5) is 8.97. The predicted octanol–water partition coefficient (Wildman–Crippen LogP) is 2.81. The van der Waals surface area contributed by atoms with Crippen molar-refractivity contribution in [3.63, 3.8) is 0 Å². The number of benzene rings is 1. The second kappa shape index (κ2) is 5.86. The van der Waals surface area contributed by atoms with Crippen LogP contribution in [0.5, 0.6) is 0 Å². The summed E-state index contributed by atoms with van der Waals surface area (Å²) in [6.07, 6.45) is 1.19. The van der Waals surface area contributed by atoms with Gasteiger partial charge in [0.1, 0.15) is 17.0 Å². The molecule has 0 saturated heterocycles. The number of sulfone groups is 1. The minimum atomic E-state index is -3.20. The maximum atomic E-state index is 11.5. The van der Waals surface area contributed by atoms with E-state index >= 15 is 0 Å². The Hall–Kier alpha value is -2.48. The van der Waals surface area contributed by atoms with Crippen LogP contribution in [0.25, 0.3) is 11.1 Å². The Bertz CT molecular complexity index is 994. The van der Waals surface area contributed by atoms with Crippen LogP contribution >= 0.6 is 0 Å². The molecule has 2 heterocycles. The molecule has 8 heteroatoms. The molecule has 24 heavy (non-hydrogen) atoms. The fraction of sp³-hybridized carbons (Fsp3) is 0.312. The van der Waals surface area contributed by atoms with E-state index in [-0.39, 0.29) is 6.04 Å².